The average molecular weight is 204 g/mol. The molecule has 0 radical (unpaired) electrons. The van der Waals surface area contributed by atoms with E-state index in [0.717, 1.165) is 16.5 Å². The molecule has 0 fully saturated rings. The number of fused-ring (bicyclic) bond motifs is 1. The number of nitrogens with one attached hydrogen (secondary N) is 1. The van der Waals surface area contributed by atoms with Gasteiger partial charge in [-0.2, -0.15) is 5.26 Å². The zero-order valence-electron chi connectivity index (χ0n) is 9.06. The topological polar surface area (TPSA) is 39.6 Å². The van der Waals surface area contributed by atoms with E-state index in [1.165, 1.54) is 6.07 Å². The van der Waals surface area contributed by atoms with Gasteiger partial charge in [0.1, 0.15) is 11.9 Å². The van der Waals surface area contributed by atoms with Gasteiger partial charge in [-0.3, -0.25) is 0 Å². The fourth-order valence-corrected chi connectivity index (χ4v) is 1.37. The van der Waals surface area contributed by atoms with Gasteiger partial charge in [0.2, 0.25) is 0 Å². The number of aromatic amines is 1. The summed E-state index contributed by atoms with van der Waals surface area (Å²) in [5.74, 6) is -0.475. The third-order valence-corrected chi connectivity index (χ3v) is 2.10. The van der Waals surface area contributed by atoms with Crippen molar-refractivity contribution in [2.45, 2.75) is 20.8 Å². The molecule has 2 aromatic rings. The van der Waals surface area contributed by atoms with Gasteiger partial charge in [-0.15, -0.1) is 0 Å². The van der Waals surface area contributed by atoms with Crippen molar-refractivity contribution in [2.75, 3.05) is 0 Å². The van der Waals surface area contributed by atoms with Crippen molar-refractivity contribution in [1.29, 1.82) is 5.26 Å². The van der Waals surface area contributed by atoms with E-state index < -0.39 is 5.82 Å². The Morgan fingerprint density at radius 2 is 2.00 bits per heavy atom. The third kappa shape index (κ3) is 1.99. The van der Waals surface area contributed by atoms with E-state index in [1.54, 1.807) is 12.3 Å². The van der Waals surface area contributed by atoms with E-state index in [0.29, 0.717) is 0 Å². The second-order valence-corrected chi connectivity index (χ2v) is 2.96. The van der Waals surface area contributed by atoms with Crippen molar-refractivity contribution in [3.63, 3.8) is 0 Å². The van der Waals surface area contributed by atoms with Crippen LogP contribution in [0.3, 0.4) is 0 Å². The Morgan fingerprint density at radius 1 is 1.33 bits per heavy atom. The summed E-state index contributed by atoms with van der Waals surface area (Å²) in [6, 6.07) is 4.73. The Hall–Kier alpha value is -1.82. The van der Waals surface area contributed by atoms with E-state index in [1.807, 2.05) is 26.8 Å². The molecule has 0 aliphatic carbocycles. The van der Waals surface area contributed by atoms with Crippen molar-refractivity contribution in [3.05, 3.63) is 35.3 Å². The van der Waals surface area contributed by atoms with Crippen LogP contribution in [0.5, 0.6) is 0 Å². The highest BCUT2D eigenvalue weighted by Crippen LogP contribution is 2.20. The number of aryl methyl sites for hydroxylation is 1. The Morgan fingerprint density at radius 3 is 2.60 bits per heavy atom. The molecule has 2 nitrogen and oxygen atoms in total. The minimum absolute atomic E-state index is 0.0928. The normalized spacial score (nSPS) is 9.27. The molecule has 1 aromatic carbocycles. The van der Waals surface area contributed by atoms with Gasteiger partial charge in [0.25, 0.3) is 0 Å². The minimum atomic E-state index is -0.475. The second kappa shape index (κ2) is 4.61. The zero-order chi connectivity index (χ0) is 11.4. The maximum absolute atomic E-state index is 13.1. The molecular formula is C12H13FN2. The molecule has 2 rings (SSSR count). The van der Waals surface area contributed by atoms with Crippen LogP contribution in [0.2, 0.25) is 0 Å². The van der Waals surface area contributed by atoms with Crippen LogP contribution in [0.25, 0.3) is 10.9 Å². The molecule has 0 saturated carbocycles. The first kappa shape index (κ1) is 11.3. The van der Waals surface area contributed by atoms with E-state index >= 15 is 0 Å². The van der Waals surface area contributed by atoms with Gasteiger partial charge in [0.05, 0.1) is 5.56 Å². The number of hydrogen-bond donors (Lipinski definition) is 1. The second-order valence-electron chi connectivity index (χ2n) is 2.96. The van der Waals surface area contributed by atoms with Gasteiger partial charge < -0.3 is 4.98 Å². The maximum Gasteiger partial charge on any atom is 0.143 e. The quantitative estimate of drug-likeness (QED) is 0.700. The third-order valence-electron chi connectivity index (χ3n) is 2.10. The molecule has 0 atom stereocenters. The van der Waals surface area contributed by atoms with E-state index in [2.05, 4.69) is 4.98 Å². The van der Waals surface area contributed by atoms with Gasteiger partial charge in [0.15, 0.2) is 0 Å². The Labute approximate surface area is 88.3 Å². The van der Waals surface area contributed by atoms with Crippen LogP contribution >= 0.6 is 0 Å². The van der Waals surface area contributed by atoms with Crippen molar-refractivity contribution >= 4 is 10.9 Å². The minimum Gasteiger partial charge on any atom is -0.361 e. The van der Waals surface area contributed by atoms with Gasteiger partial charge in [-0.05, 0) is 24.6 Å². The molecule has 15 heavy (non-hydrogen) atoms. The van der Waals surface area contributed by atoms with Crippen LogP contribution in [0.1, 0.15) is 25.0 Å². The van der Waals surface area contributed by atoms with Crippen LogP contribution in [0.15, 0.2) is 18.3 Å². The van der Waals surface area contributed by atoms with Crippen LogP contribution < -0.4 is 0 Å². The molecule has 0 aliphatic heterocycles. The fraction of sp³-hybridized carbons (Fsp3) is 0.250. The average Bonchev–Trinajstić information content (AvgIpc) is 2.61. The van der Waals surface area contributed by atoms with Gasteiger partial charge >= 0.3 is 0 Å². The fourth-order valence-electron chi connectivity index (χ4n) is 1.37. The summed E-state index contributed by atoms with van der Waals surface area (Å²) in [5, 5.41) is 9.51. The van der Waals surface area contributed by atoms with E-state index in [-0.39, 0.29) is 5.56 Å². The smallest absolute Gasteiger partial charge is 0.143 e. The van der Waals surface area contributed by atoms with Crippen LogP contribution in [-0.2, 0) is 0 Å². The Kier molecular flexibility index (Phi) is 3.46. The number of rotatable bonds is 0. The first-order valence-electron chi connectivity index (χ1n) is 4.89. The lowest BCUT2D eigenvalue weighted by molar-refractivity contribution is 0.625. The Balaban J connectivity index is 0.000000531. The van der Waals surface area contributed by atoms with Crippen LogP contribution in [0.4, 0.5) is 4.39 Å². The largest absolute Gasteiger partial charge is 0.361 e. The van der Waals surface area contributed by atoms with Crippen molar-refractivity contribution in [2.24, 2.45) is 0 Å². The summed E-state index contributed by atoms with van der Waals surface area (Å²) >= 11 is 0. The number of nitrogens with zero attached hydrogens (tertiary/aromatic N) is 1. The molecule has 1 heterocycles. The highest BCUT2D eigenvalue weighted by Gasteiger charge is 2.06. The molecule has 0 aliphatic rings. The van der Waals surface area contributed by atoms with Crippen LogP contribution in [0, 0.1) is 24.1 Å². The summed E-state index contributed by atoms with van der Waals surface area (Å²) in [4.78, 5) is 2.93. The number of aromatic nitrogens is 1. The molecule has 3 heteroatoms. The predicted octanol–water partition coefficient (Wildman–Crippen LogP) is 3.51. The molecule has 0 unspecified atom stereocenters. The molecule has 0 spiro atoms. The zero-order valence-corrected chi connectivity index (χ0v) is 9.06. The lowest BCUT2D eigenvalue weighted by atomic mass is 10.1. The molecular weight excluding hydrogens is 191 g/mol. The highest BCUT2D eigenvalue weighted by molar-refractivity contribution is 5.84. The summed E-state index contributed by atoms with van der Waals surface area (Å²) in [7, 11) is 0. The maximum atomic E-state index is 13.1. The molecule has 0 saturated heterocycles. The number of H-pyrrole nitrogens is 1. The first-order chi connectivity index (χ1) is 7.22. The molecule has 78 valence electrons. The van der Waals surface area contributed by atoms with Gasteiger partial charge in [0, 0.05) is 17.1 Å². The first-order valence-corrected chi connectivity index (χ1v) is 4.89. The van der Waals surface area contributed by atoms with Crippen molar-refractivity contribution in [3.8, 4) is 6.07 Å². The Bertz CT molecular complexity index is 506. The van der Waals surface area contributed by atoms with E-state index in [4.69, 9.17) is 5.26 Å². The number of nitriles is 1. The van der Waals surface area contributed by atoms with E-state index in [9.17, 15) is 4.39 Å². The SMILES string of the molecule is CC.Cc1c[nH]c2cc(F)c(C#N)cc12. The summed E-state index contributed by atoms with van der Waals surface area (Å²) in [5.41, 5.74) is 1.84. The monoisotopic (exact) mass is 204 g/mol. The van der Waals surface area contributed by atoms with Crippen LogP contribution in [-0.4, -0.2) is 4.98 Å². The van der Waals surface area contributed by atoms with Crippen molar-refractivity contribution < 1.29 is 4.39 Å². The number of benzene rings is 1. The highest BCUT2D eigenvalue weighted by atomic mass is 19.1. The number of hydrogen-bond acceptors (Lipinski definition) is 1. The predicted molar refractivity (Wildman–Crippen MR) is 59.1 cm³/mol. The summed E-state index contributed by atoms with van der Waals surface area (Å²) < 4.78 is 13.1. The van der Waals surface area contributed by atoms with Gasteiger partial charge in [-0.1, -0.05) is 13.8 Å². The summed E-state index contributed by atoms with van der Waals surface area (Å²) in [6.45, 7) is 5.91. The molecule has 0 bridgehead atoms. The summed E-state index contributed by atoms with van der Waals surface area (Å²) in [6.07, 6.45) is 1.80. The molecule has 0 amide bonds. The van der Waals surface area contributed by atoms with Gasteiger partial charge in [-0.25, -0.2) is 4.39 Å². The lowest BCUT2D eigenvalue weighted by Gasteiger charge is -1.94. The molecule has 1 aromatic heterocycles. The lowest BCUT2D eigenvalue weighted by Crippen LogP contribution is -1.83. The standard InChI is InChI=1S/C10H7FN2.C2H6/c1-6-5-13-10-3-9(11)7(4-12)2-8(6)10;1-2/h2-3,5,13H,1H3;1-2H3. The number of halogens is 1. The van der Waals surface area contributed by atoms with Crippen molar-refractivity contribution in [1.82, 2.24) is 4.98 Å². The molecule has 1 N–H and O–H groups in total.